The molecule has 1 saturated heterocycles. The molecule has 0 aromatic carbocycles. The first-order chi connectivity index (χ1) is 10.8. The number of fused-ring (bicyclic) bond motifs is 1. The summed E-state index contributed by atoms with van der Waals surface area (Å²) in [5, 5.41) is 11.7. The third-order valence-corrected chi connectivity index (χ3v) is 4.79. The Bertz CT molecular complexity index is 662. The molecule has 1 amide bonds. The number of carbonyl (C=O) groups is 1. The Morgan fingerprint density at radius 3 is 3.14 bits per heavy atom. The van der Waals surface area contributed by atoms with Gasteiger partial charge in [0.25, 0.3) is 0 Å². The van der Waals surface area contributed by atoms with Crippen molar-refractivity contribution in [1.29, 1.82) is 0 Å². The standard InChI is InChI=1S/C15H20N6O/c22-15(7-14-12-3-1-2-4-13(12)18-19-14)20-6-5-11(8-20)21-10-16-9-17-21/h9-11H,1-8H2,(H,18,19). The molecule has 0 radical (unpaired) electrons. The quantitative estimate of drug-likeness (QED) is 0.913. The molecule has 22 heavy (non-hydrogen) atoms. The van der Waals surface area contributed by atoms with Crippen LogP contribution in [-0.4, -0.2) is 48.9 Å². The van der Waals surface area contributed by atoms with Crippen molar-refractivity contribution in [2.45, 2.75) is 44.6 Å². The van der Waals surface area contributed by atoms with E-state index in [4.69, 9.17) is 0 Å². The van der Waals surface area contributed by atoms with Crippen molar-refractivity contribution in [3.8, 4) is 0 Å². The molecule has 2 aliphatic rings. The number of aromatic amines is 1. The average Bonchev–Trinajstić information content (AvgIpc) is 3.28. The Morgan fingerprint density at radius 2 is 2.27 bits per heavy atom. The van der Waals surface area contributed by atoms with Gasteiger partial charge in [0.2, 0.25) is 5.91 Å². The molecule has 116 valence electrons. The topological polar surface area (TPSA) is 79.7 Å². The molecule has 1 atom stereocenters. The molecule has 1 fully saturated rings. The summed E-state index contributed by atoms with van der Waals surface area (Å²) >= 11 is 0. The number of nitrogens with zero attached hydrogens (tertiary/aromatic N) is 5. The molecule has 1 N–H and O–H groups in total. The van der Waals surface area contributed by atoms with E-state index in [0.29, 0.717) is 6.42 Å². The highest BCUT2D eigenvalue weighted by Gasteiger charge is 2.29. The molecule has 7 nitrogen and oxygen atoms in total. The molecule has 0 bridgehead atoms. The minimum atomic E-state index is 0.169. The van der Waals surface area contributed by atoms with Crippen molar-refractivity contribution in [1.82, 2.24) is 29.9 Å². The van der Waals surface area contributed by atoms with E-state index in [1.165, 1.54) is 24.1 Å². The van der Waals surface area contributed by atoms with E-state index in [2.05, 4.69) is 20.3 Å². The first-order valence-electron chi connectivity index (χ1n) is 7.98. The molecular weight excluding hydrogens is 280 g/mol. The highest BCUT2D eigenvalue weighted by molar-refractivity contribution is 5.79. The molecule has 0 saturated carbocycles. The highest BCUT2D eigenvalue weighted by atomic mass is 16.2. The number of aromatic nitrogens is 5. The van der Waals surface area contributed by atoms with E-state index < -0.39 is 0 Å². The van der Waals surface area contributed by atoms with Crippen LogP contribution >= 0.6 is 0 Å². The Kier molecular flexibility index (Phi) is 3.40. The number of hydrogen-bond acceptors (Lipinski definition) is 4. The van der Waals surface area contributed by atoms with Crippen LogP contribution in [0.1, 0.15) is 42.3 Å². The smallest absolute Gasteiger partial charge is 0.228 e. The second kappa shape index (κ2) is 5.55. The zero-order valence-corrected chi connectivity index (χ0v) is 12.5. The number of nitrogens with one attached hydrogen (secondary N) is 1. The third-order valence-electron chi connectivity index (χ3n) is 4.79. The van der Waals surface area contributed by atoms with Gasteiger partial charge in [-0.05, 0) is 37.7 Å². The summed E-state index contributed by atoms with van der Waals surface area (Å²) < 4.78 is 1.85. The van der Waals surface area contributed by atoms with Gasteiger partial charge in [-0.15, -0.1) is 0 Å². The van der Waals surface area contributed by atoms with Gasteiger partial charge in [0.15, 0.2) is 0 Å². The first kappa shape index (κ1) is 13.5. The molecule has 7 heteroatoms. The molecule has 2 aromatic rings. The first-order valence-corrected chi connectivity index (χ1v) is 7.98. The highest BCUT2D eigenvalue weighted by Crippen LogP contribution is 2.24. The molecular formula is C15H20N6O. The fraction of sp³-hybridized carbons (Fsp3) is 0.600. The van der Waals surface area contributed by atoms with Crippen LogP contribution in [0, 0.1) is 0 Å². The molecule has 1 aliphatic heterocycles. The maximum absolute atomic E-state index is 12.5. The van der Waals surface area contributed by atoms with Crippen LogP contribution < -0.4 is 0 Å². The van der Waals surface area contributed by atoms with Crippen molar-refractivity contribution >= 4 is 5.91 Å². The fourth-order valence-corrected chi connectivity index (χ4v) is 3.54. The van der Waals surface area contributed by atoms with Gasteiger partial charge in [0.05, 0.1) is 18.2 Å². The van der Waals surface area contributed by atoms with Crippen molar-refractivity contribution < 1.29 is 4.79 Å². The summed E-state index contributed by atoms with van der Waals surface area (Å²) in [5.74, 6) is 0.169. The number of amides is 1. The summed E-state index contributed by atoms with van der Waals surface area (Å²) in [6.07, 6.45) is 9.15. The largest absolute Gasteiger partial charge is 0.340 e. The van der Waals surface area contributed by atoms with E-state index in [-0.39, 0.29) is 11.9 Å². The second-order valence-electron chi connectivity index (χ2n) is 6.17. The minimum absolute atomic E-state index is 0.169. The lowest BCUT2D eigenvalue weighted by molar-refractivity contribution is -0.129. The van der Waals surface area contributed by atoms with Gasteiger partial charge in [0.1, 0.15) is 12.7 Å². The summed E-state index contributed by atoms with van der Waals surface area (Å²) in [5.41, 5.74) is 3.46. The SMILES string of the molecule is O=C(Cc1n[nH]c2c1CCCC2)N1CCC(n2cncn2)C1. The molecule has 3 heterocycles. The van der Waals surface area contributed by atoms with E-state index in [0.717, 1.165) is 38.0 Å². The van der Waals surface area contributed by atoms with Crippen molar-refractivity contribution in [3.05, 3.63) is 29.6 Å². The Hall–Kier alpha value is -2.18. The molecule has 4 rings (SSSR count). The lowest BCUT2D eigenvalue weighted by Gasteiger charge is -2.17. The van der Waals surface area contributed by atoms with Gasteiger partial charge < -0.3 is 4.90 Å². The molecule has 1 aliphatic carbocycles. The van der Waals surface area contributed by atoms with Crippen LogP contribution in [0.2, 0.25) is 0 Å². The monoisotopic (exact) mass is 300 g/mol. The number of carbonyl (C=O) groups excluding carboxylic acids is 1. The van der Waals surface area contributed by atoms with Crippen molar-refractivity contribution in [3.63, 3.8) is 0 Å². The number of aryl methyl sites for hydroxylation is 1. The van der Waals surface area contributed by atoms with Gasteiger partial charge >= 0.3 is 0 Å². The summed E-state index contributed by atoms with van der Waals surface area (Å²) in [6.45, 7) is 1.50. The van der Waals surface area contributed by atoms with Crippen LogP contribution in [0.15, 0.2) is 12.7 Å². The van der Waals surface area contributed by atoms with Crippen LogP contribution in [-0.2, 0) is 24.1 Å². The van der Waals surface area contributed by atoms with E-state index >= 15 is 0 Å². The van der Waals surface area contributed by atoms with Crippen LogP contribution in [0.5, 0.6) is 0 Å². The Morgan fingerprint density at radius 1 is 1.36 bits per heavy atom. The van der Waals surface area contributed by atoms with E-state index in [1.54, 1.807) is 12.7 Å². The van der Waals surface area contributed by atoms with Gasteiger partial charge in [-0.25, -0.2) is 9.67 Å². The lowest BCUT2D eigenvalue weighted by atomic mass is 9.95. The number of H-pyrrole nitrogens is 1. The van der Waals surface area contributed by atoms with Gasteiger partial charge in [-0.2, -0.15) is 10.2 Å². The Labute approximate surface area is 128 Å². The summed E-state index contributed by atoms with van der Waals surface area (Å²) in [6, 6.07) is 0.250. The number of likely N-dealkylation sites (tertiary alicyclic amines) is 1. The average molecular weight is 300 g/mol. The van der Waals surface area contributed by atoms with Gasteiger partial charge in [-0.3, -0.25) is 9.89 Å². The van der Waals surface area contributed by atoms with Crippen LogP contribution in [0.3, 0.4) is 0 Å². The van der Waals surface area contributed by atoms with E-state index in [1.807, 2.05) is 9.58 Å². The minimum Gasteiger partial charge on any atom is -0.340 e. The fourth-order valence-electron chi connectivity index (χ4n) is 3.54. The normalized spacial score (nSPS) is 21.1. The summed E-state index contributed by atoms with van der Waals surface area (Å²) in [4.78, 5) is 18.4. The molecule has 1 unspecified atom stereocenters. The van der Waals surface area contributed by atoms with Gasteiger partial charge in [0, 0.05) is 18.8 Å². The summed E-state index contributed by atoms with van der Waals surface area (Å²) in [7, 11) is 0. The van der Waals surface area contributed by atoms with Crippen molar-refractivity contribution in [2.75, 3.05) is 13.1 Å². The van der Waals surface area contributed by atoms with Crippen LogP contribution in [0.4, 0.5) is 0 Å². The number of hydrogen-bond donors (Lipinski definition) is 1. The molecule has 2 aromatic heterocycles. The van der Waals surface area contributed by atoms with Crippen LogP contribution in [0.25, 0.3) is 0 Å². The zero-order chi connectivity index (χ0) is 14.9. The number of rotatable bonds is 3. The third kappa shape index (κ3) is 2.40. The Balaban J connectivity index is 1.42. The maximum atomic E-state index is 12.5. The lowest BCUT2D eigenvalue weighted by Crippen LogP contribution is -2.31. The van der Waals surface area contributed by atoms with E-state index in [9.17, 15) is 4.79 Å². The zero-order valence-electron chi connectivity index (χ0n) is 12.5. The molecule has 0 spiro atoms. The maximum Gasteiger partial charge on any atom is 0.228 e. The predicted molar refractivity (Wildman–Crippen MR) is 79.2 cm³/mol. The van der Waals surface area contributed by atoms with Crippen molar-refractivity contribution in [2.24, 2.45) is 0 Å². The second-order valence-corrected chi connectivity index (χ2v) is 6.17. The van der Waals surface area contributed by atoms with Gasteiger partial charge in [-0.1, -0.05) is 0 Å². The predicted octanol–water partition coefficient (Wildman–Crippen LogP) is 0.896.